The topological polar surface area (TPSA) is 92.3 Å². The minimum absolute atomic E-state index is 0. The minimum Gasteiger partial charge on any atom is -0.375 e. The van der Waals surface area contributed by atoms with Gasteiger partial charge in [0.2, 0.25) is 10.0 Å². The highest BCUT2D eigenvalue weighted by Crippen LogP contribution is 2.21. The van der Waals surface area contributed by atoms with Gasteiger partial charge in [0, 0.05) is 39.3 Å². The van der Waals surface area contributed by atoms with Crippen molar-refractivity contribution in [2.24, 2.45) is 4.99 Å². The second-order valence-corrected chi connectivity index (χ2v) is 8.39. The van der Waals surface area contributed by atoms with Crippen LogP contribution in [0.1, 0.15) is 33.1 Å². The summed E-state index contributed by atoms with van der Waals surface area (Å²) in [6, 6.07) is 0. The zero-order chi connectivity index (χ0) is 18.1. The van der Waals surface area contributed by atoms with Crippen molar-refractivity contribution in [2.45, 2.75) is 45.3 Å². The van der Waals surface area contributed by atoms with Crippen LogP contribution < -0.4 is 10.0 Å². The molecule has 26 heavy (non-hydrogen) atoms. The van der Waals surface area contributed by atoms with Gasteiger partial charge in [0.05, 0.1) is 18.5 Å². The molecule has 0 aliphatic carbocycles. The average Bonchev–Trinajstić information content (AvgIpc) is 3.15. The molecule has 10 heteroatoms. The van der Waals surface area contributed by atoms with Gasteiger partial charge < -0.3 is 19.7 Å². The lowest BCUT2D eigenvalue weighted by Crippen LogP contribution is -2.53. The number of aliphatic imine (C=N–C) groups is 1. The maximum atomic E-state index is 11.4. The fourth-order valence-electron chi connectivity index (χ4n) is 3.01. The number of sulfonamides is 1. The number of guanidine groups is 1. The van der Waals surface area contributed by atoms with Crippen molar-refractivity contribution in [2.75, 3.05) is 51.7 Å². The molecule has 8 nitrogen and oxygen atoms in total. The Morgan fingerprint density at radius 3 is 2.65 bits per heavy atom. The predicted octanol–water partition coefficient (Wildman–Crippen LogP) is 0.779. The van der Waals surface area contributed by atoms with Crippen molar-refractivity contribution in [3.05, 3.63) is 0 Å². The van der Waals surface area contributed by atoms with Gasteiger partial charge in [-0.15, -0.1) is 24.0 Å². The molecule has 154 valence electrons. The number of hydrogen-bond acceptors (Lipinski definition) is 5. The molecule has 0 aromatic carbocycles. The van der Waals surface area contributed by atoms with E-state index < -0.39 is 10.0 Å². The van der Waals surface area contributed by atoms with Crippen LogP contribution in [-0.4, -0.2) is 83.2 Å². The highest BCUT2D eigenvalue weighted by Gasteiger charge is 2.32. The largest absolute Gasteiger partial charge is 0.375 e. The fraction of sp³-hybridized carbons (Fsp3) is 0.938. The van der Waals surface area contributed by atoms with Gasteiger partial charge in [0.25, 0.3) is 0 Å². The molecule has 0 radical (unpaired) electrons. The molecule has 2 aliphatic heterocycles. The molecule has 0 spiro atoms. The number of halogens is 1. The fourth-order valence-corrected chi connectivity index (χ4v) is 3.67. The van der Waals surface area contributed by atoms with Crippen molar-refractivity contribution in [3.63, 3.8) is 0 Å². The van der Waals surface area contributed by atoms with Crippen LogP contribution in [0.25, 0.3) is 0 Å². The maximum Gasteiger partial charge on any atom is 0.211 e. The second kappa shape index (κ2) is 12.3. The Morgan fingerprint density at radius 1 is 1.23 bits per heavy atom. The Labute approximate surface area is 174 Å². The molecule has 2 unspecified atom stereocenters. The number of rotatable bonds is 8. The first kappa shape index (κ1) is 23.9. The quantitative estimate of drug-likeness (QED) is 0.220. The molecule has 2 heterocycles. The van der Waals surface area contributed by atoms with E-state index in [-0.39, 0.29) is 41.9 Å². The van der Waals surface area contributed by atoms with Gasteiger partial charge in [0.15, 0.2) is 5.96 Å². The molecule has 2 fully saturated rings. The zero-order valence-electron chi connectivity index (χ0n) is 15.8. The molecule has 0 amide bonds. The molecule has 0 aromatic heterocycles. The van der Waals surface area contributed by atoms with Gasteiger partial charge in [0.1, 0.15) is 6.10 Å². The van der Waals surface area contributed by atoms with Gasteiger partial charge in [-0.3, -0.25) is 4.99 Å². The van der Waals surface area contributed by atoms with Crippen molar-refractivity contribution < 1.29 is 17.9 Å². The summed E-state index contributed by atoms with van der Waals surface area (Å²) in [6.45, 7) is 8.55. The summed E-state index contributed by atoms with van der Waals surface area (Å²) in [6.07, 6.45) is 3.12. The summed E-state index contributed by atoms with van der Waals surface area (Å²) in [4.78, 5) is 6.86. The van der Waals surface area contributed by atoms with Crippen LogP contribution in [0, 0.1) is 0 Å². The van der Waals surface area contributed by atoms with E-state index in [1.54, 1.807) is 6.92 Å². The molecule has 2 aliphatic rings. The van der Waals surface area contributed by atoms with Crippen molar-refractivity contribution in [1.29, 1.82) is 0 Å². The van der Waals surface area contributed by atoms with Crippen LogP contribution in [0.15, 0.2) is 4.99 Å². The average molecular weight is 504 g/mol. The van der Waals surface area contributed by atoms with Crippen LogP contribution in [0.3, 0.4) is 0 Å². The van der Waals surface area contributed by atoms with Crippen LogP contribution in [-0.2, 0) is 19.5 Å². The van der Waals surface area contributed by atoms with Crippen molar-refractivity contribution >= 4 is 40.0 Å². The Balaban J connectivity index is 0.00000338. The van der Waals surface area contributed by atoms with E-state index in [1.165, 1.54) is 0 Å². The van der Waals surface area contributed by atoms with E-state index in [2.05, 4.69) is 19.9 Å². The second-order valence-electron chi connectivity index (χ2n) is 6.29. The maximum absolute atomic E-state index is 11.4. The van der Waals surface area contributed by atoms with E-state index in [4.69, 9.17) is 9.47 Å². The Morgan fingerprint density at radius 2 is 2.00 bits per heavy atom. The van der Waals surface area contributed by atoms with Gasteiger partial charge in [-0.1, -0.05) is 0 Å². The summed E-state index contributed by atoms with van der Waals surface area (Å²) in [5.41, 5.74) is 0. The van der Waals surface area contributed by atoms with Crippen molar-refractivity contribution in [1.82, 2.24) is 14.9 Å². The standard InChI is InChI=1S/C16H32N4O4S.HI/c1-3-17-16(18-8-6-9-19-25(21,22)4-2)20-10-12-24-15(13-20)14-7-5-11-23-14;/h14-15,19H,3-13H2,1-2H3,(H,17,18);1H. The molecule has 2 atom stereocenters. The lowest BCUT2D eigenvalue weighted by Gasteiger charge is -2.37. The van der Waals surface area contributed by atoms with Gasteiger partial charge in [-0.05, 0) is 33.1 Å². The molecule has 2 saturated heterocycles. The Kier molecular flexibility index (Phi) is 11.3. The number of morpholine rings is 1. The summed E-state index contributed by atoms with van der Waals surface area (Å²) in [5.74, 6) is 0.976. The summed E-state index contributed by atoms with van der Waals surface area (Å²) < 4.78 is 37.0. The number of hydrogen-bond donors (Lipinski definition) is 2. The lowest BCUT2D eigenvalue weighted by atomic mass is 10.1. The predicted molar refractivity (Wildman–Crippen MR) is 114 cm³/mol. The van der Waals surface area contributed by atoms with E-state index >= 15 is 0 Å². The first-order chi connectivity index (χ1) is 12.1. The molecule has 0 aromatic rings. The molecule has 2 N–H and O–H groups in total. The molecule has 2 rings (SSSR count). The summed E-state index contributed by atoms with van der Waals surface area (Å²) in [7, 11) is -3.12. The van der Waals surface area contributed by atoms with Crippen LogP contribution in [0.5, 0.6) is 0 Å². The van der Waals surface area contributed by atoms with E-state index in [0.29, 0.717) is 26.1 Å². The minimum atomic E-state index is -3.12. The van der Waals surface area contributed by atoms with Gasteiger partial charge in [-0.25, -0.2) is 13.1 Å². The molecular formula is C16H33IN4O4S. The van der Waals surface area contributed by atoms with Crippen LogP contribution in [0.2, 0.25) is 0 Å². The van der Waals surface area contributed by atoms with Crippen LogP contribution >= 0.6 is 24.0 Å². The molecular weight excluding hydrogens is 471 g/mol. The highest BCUT2D eigenvalue weighted by molar-refractivity contribution is 14.0. The van der Waals surface area contributed by atoms with Crippen molar-refractivity contribution in [3.8, 4) is 0 Å². The Hall–Kier alpha value is -0.170. The monoisotopic (exact) mass is 504 g/mol. The summed E-state index contributed by atoms with van der Waals surface area (Å²) >= 11 is 0. The van der Waals surface area contributed by atoms with Gasteiger partial charge >= 0.3 is 0 Å². The normalized spacial score (nSPS) is 24.4. The zero-order valence-corrected chi connectivity index (χ0v) is 18.9. The third-order valence-corrected chi connectivity index (χ3v) is 5.81. The molecule has 0 bridgehead atoms. The SMILES string of the molecule is CCNC(=NCCCNS(=O)(=O)CC)N1CCOC(C2CCCO2)C1.I. The first-order valence-electron chi connectivity index (χ1n) is 9.29. The summed E-state index contributed by atoms with van der Waals surface area (Å²) in [5, 5.41) is 3.32. The van der Waals surface area contributed by atoms with E-state index in [0.717, 1.165) is 45.0 Å². The number of nitrogens with one attached hydrogen (secondary N) is 2. The number of ether oxygens (including phenoxy) is 2. The van der Waals surface area contributed by atoms with Gasteiger partial charge in [-0.2, -0.15) is 0 Å². The van der Waals surface area contributed by atoms with E-state index in [1.807, 2.05) is 6.92 Å². The third-order valence-electron chi connectivity index (χ3n) is 4.41. The third kappa shape index (κ3) is 7.83. The van der Waals surface area contributed by atoms with Crippen LogP contribution in [0.4, 0.5) is 0 Å². The first-order valence-corrected chi connectivity index (χ1v) is 10.9. The number of nitrogens with zero attached hydrogens (tertiary/aromatic N) is 2. The Bertz CT molecular complexity index is 526. The smallest absolute Gasteiger partial charge is 0.211 e. The molecule has 0 saturated carbocycles. The lowest BCUT2D eigenvalue weighted by molar-refractivity contribution is -0.0817. The van der Waals surface area contributed by atoms with E-state index in [9.17, 15) is 8.42 Å². The highest BCUT2D eigenvalue weighted by atomic mass is 127.